The Labute approximate surface area is 140 Å². The van der Waals surface area contributed by atoms with E-state index in [1.807, 2.05) is 37.2 Å². The summed E-state index contributed by atoms with van der Waals surface area (Å²) in [5, 5.41) is 3.72. The molecule has 1 N–H and O–H groups in total. The molecule has 0 unspecified atom stereocenters. The number of hydrogen-bond acceptors (Lipinski definition) is 4. The van der Waals surface area contributed by atoms with Crippen LogP contribution in [0.25, 0.3) is 6.08 Å². The largest absolute Gasteiger partial charge is 0.496 e. The minimum Gasteiger partial charge on any atom is -0.496 e. The van der Waals surface area contributed by atoms with Gasteiger partial charge < -0.3 is 15.0 Å². The van der Waals surface area contributed by atoms with Crippen molar-refractivity contribution in [1.29, 1.82) is 0 Å². The molecule has 5 heteroatoms. The molecule has 0 atom stereocenters. The van der Waals surface area contributed by atoms with Crippen molar-refractivity contribution in [1.82, 2.24) is 0 Å². The molecular weight excluding hydrogens is 312 g/mol. The Hall–Kier alpha value is -2.46. The first-order chi connectivity index (χ1) is 11.0. The summed E-state index contributed by atoms with van der Waals surface area (Å²) in [6.45, 7) is 0. The highest BCUT2D eigenvalue weighted by Gasteiger charge is 2.24. The van der Waals surface area contributed by atoms with Crippen molar-refractivity contribution in [2.75, 3.05) is 31.4 Å². The Bertz CT molecular complexity index is 813. The number of hydrogen-bond donors (Lipinski definition) is 1. The molecule has 4 nitrogen and oxygen atoms in total. The van der Waals surface area contributed by atoms with Crippen LogP contribution in [0.5, 0.6) is 5.75 Å². The number of halogens is 1. The summed E-state index contributed by atoms with van der Waals surface area (Å²) in [5.74, 6) is 0.669. The van der Waals surface area contributed by atoms with Crippen molar-refractivity contribution in [2.24, 2.45) is 0 Å². The minimum atomic E-state index is -0.0459. The molecule has 1 aliphatic heterocycles. The standard InChI is InChI=1S/C18H17ClN2O2/c1-21(2)13-6-4-11(17(10-13)23-3)8-16-18(22)14-7-5-12(19)9-15(14)20-16/h4-10,20H,1-3H3/b16-8-. The fourth-order valence-electron chi connectivity index (χ4n) is 2.52. The van der Waals surface area contributed by atoms with Crippen molar-refractivity contribution < 1.29 is 9.53 Å². The normalized spacial score (nSPS) is 14.6. The van der Waals surface area contributed by atoms with Crippen LogP contribution < -0.4 is 15.0 Å². The number of allylic oxidation sites excluding steroid dienone is 1. The smallest absolute Gasteiger partial charge is 0.211 e. The van der Waals surface area contributed by atoms with Gasteiger partial charge in [-0.1, -0.05) is 11.6 Å². The zero-order chi connectivity index (χ0) is 16.6. The number of carbonyl (C=O) groups excluding carboxylic acids is 1. The van der Waals surface area contributed by atoms with E-state index in [2.05, 4.69) is 5.32 Å². The maximum absolute atomic E-state index is 12.5. The fourth-order valence-corrected chi connectivity index (χ4v) is 2.69. The average Bonchev–Trinajstić information content (AvgIpc) is 2.83. The van der Waals surface area contributed by atoms with Gasteiger partial charge in [0.2, 0.25) is 5.78 Å². The molecular formula is C18H17ClN2O2. The number of Topliss-reactive ketones (excluding diaryl/α,β-unsaturated/α-hetero) is 1. The number of fused-ring (bicyclic) bond motifs is 1. The monoisotopic (exact) mass is 328 g/mol. The summed E-state index contributed by atoms with van der Waals surface area (Å²) in [6, 6.07) is 11.1. The van der Waals surface area contributed by atoms with Gasteiger partial charge in [0.05, 0.1) is 18.5 Å². The number of methoxy groups -OCH3 is 1. The van der Waals surface area contributed by atoms with E-state index in [-0.39, 0.29) is 5.78 Å². The first kappa shape index (κ1) is 15.4. The lowest BCUT2D eigenvalue weighted by molar-refractivity contribution is 0.104. The molecule has 0 radical (unpaired) electrons. The van der Waals surface area contributed by atoms with Crippen LogP contribution in [0.15, 0.2) is 42.1 Å². The van der Waals surface area contributed by atoms with Crippen LogP contribution in [-0.2, 0) is 0 Å². The van der Waals surface area contributed by atoms with E-state index in [9.17, 15) is 4.79 Å². The minimum absolute atomic E-state index is 0.0459. The second-order valence-corrected chi connectivity index (χ2v) is 5.96. The lowest BCUT2D eigenvalue weighted by Gasteiger charge is -2.15. The third kappa shape index (κ3) is 2.90. The predicted molar refractivity (Wildman–Crippen MR) is 94.7 cm³/mol. The number of carbonyl (C=O) groups is 1. The summed E-state index contributed by atoms with van der Waals surface area (Å²) in [5.41, 5.74) is 3.75. The van der Waals surface area contributed by atoms with Gasteiger partial charge >= 0.3 is 0 Å². The highest BCUT2D eigenvalue weighted by molar-refractivity contribution is 6.31. The number of ketones is 1. The summed E-state index contributed by atoms with van der Waals surface area (Å²) in [6.07, 6.45) is 1.80. The number of rotatable bonds is 3. The van der Waals surface area contributed by atoms with E-state index in [4.69, 9.17) is 16.3 Å². The topological polar surface area (TPSA) is 41.6 Å². The first-order valence-corrected chi connectivity index (χ1v) is 7.55. The molecule has 0 saturated carbocycles. The van der Waals surface area contributed by atoms with Crippen LogP contribution in [0.2, 0.25) is 5.02 Å². The summed E-state index contributed by atoms with van der Waals surface area (Å²) in [7, 11) is 5.56. The number of ether oxygens (including phenoxy) is 1. The second kappa shape index (κ2) is 5.97. The third-order valence-corrected chi connectivity index (χ3v) is 4.01. The maximum atomic E-state index is 12.5. The molecule has 1 heterocycles. The molecule has 2 aromatic rings. The zero-order valence-corrected chi connectivity index (χ0v) is 13.9. The lowest BCUT2D eigenvalue weighted by atomic mass is 10.1. The van der Waals surface area contributed by atoms with Crippen molar-refractivity contribution in [3.8, 4) is 5.75 Å². The van der Waals surface area contributed by atoms with Gasteiger partial charge in [0.15, 0.2) is 0 Å². The van der Waals surface area contributed by atoms with E-state index < -0.39 is 0 Å². The van der Waals surface area contributed by atoms with Crippen LogP contribution >= 0.6 is 11.6 Å². The SMILES string of the molecule is COc1cc(N(C)C)ccc1/C=C1\Nc2cc(Cl)ccc2C1=O. The number of nitrogens with one attached hydrogen (secondary N) is 1. The van der Waals surface area contributed by atoms with Gasteiger partial charge in [-0.15, -0.1) is 0 Å². The van der Waals surface area contributed by atoms with Crippen molar-refractivity contribution >= 4 is 34.8 Å². The van der Waals surface area contributed by atoms with Crippen LogP contribution in [0.4, 0.5) is 11.4 Å². The molecule has 0 amide bonds. The maximum Gasteiger partial charge on any atom is 0.211 e. The van der Waals surface area contributed by atoms with Crippen molar-refractivity contribution in [2.45, 2.75) is 0 Å². The molecule has 0 spiro atoms. The van der Waals surface area contributed by atoms with E-state index in [0.29, 0.717) is 22.0 Å². The Morgan fingerprint density at radius 1 is 1.17 bits per heavy atom. The highest BCUT2D eigenvalue weighted by Crippen LogP contribution is 2.33. The van der Waals surface area contributed by atoms with Crippen LogP contribution in [0.3, 0.4) is 0 Å². The molecule has 2 aromatic carbocycles. The van der Waals surface area contributed by atoms with Gasteiger partial charge in [-0.3, -0.25) is 4.79 Å². The van der Waals surface area contributed by atoms with Gasteiger partial charge in [-0.25, -0.2) is 0 Å². The summed E-state index contributed by atoms with van der Waals surface area (Å²) < 4.78 is 5.45. The number of nitrogens with zero attached hydrogens (tertiary/aromatic N) is 1. The Balaban J connectivity index is 1.99. The van der Waals surface area contributed by atoms with Gasteiger partial charge in [-0.2, -0.15) is 0 Å². The van der Waals surface area contributed by atoms with E-state index >= 15 is 0 Å². The molecule has 0 saturated heterocycles. The highest BCUT2D eigenvalue weighted by atomic mass is 35.5. The predicted octanol–water partition coefficient (Wildman–Crippen LogP) is 4.06. The first-order valence-electron chi connectivity index (χ1n) is 7.18. The lowest BCUT2D eigenvalue weighted by Crippen LogP contribution is -2.08. The summed E-state index contributed by atoms with van der Waals surface area (Å²) in [4.78, 5) is 14.5. The van der Waals surface area contributed by atoms with Crippen LogP contribution in [-0.4, -0.2) is 27.0 Å². The summed E-state index contributed by atoms with van der Waals surface area (Å²) >= 11 is 5.98. The Morgan fingerprint density at radius 2 is 1.96 bits per heavy atom. The number of benzene rings is 2. The molecule has 3 rings (SSSR count). The molecule has 0 bridgehead atoms. The Morgan fingerprint density at radius 3 is 2.65 bits per heavy atom. The molecule has 0 fully saturated rings. The van der Waals surface area contributed by atoms with Crippen LogP contribution in [0.1, 0.15) is 15.9 Å². The van der Waals surface area contributed by atoms with E-state index in [1.54, 1.807) is 31.4 Å². The van der Waals surface area contributed by atoms with Crippen LogP contribution in [0, 0.1) is 0 Å². The van der Waals surface area contributed by atoms with E-state index in [0.717, 1.165) is 16.9 Å². The molecule has 0 aromatic heterocycles. The number of anilines is 2. The van der Waals surface area contributed by atoms with Crippen molar-refractivity contribution in [3.63, 3.8) is 0 Å². The van der Waals surface area contributed by atoms with Crippen molar-refractivity contribution in [3.05, 3.63) is 58.2 Å². The molecule has 1 aliphatic rings. The molecule has 118 valence electrons. The Kier molecular flexibility index (Phi) is 4.01. The second-order valence-electron chi connectivity index (χ2n) is 5.52. The zero-order valence-electron chi connectivity index (χ0n) is 13.2. The van der Waals surface area contributed by atoms with Gasteiger partial charge in [-0.05, 0) is 36.4 Å². The fraction of sp³-hybridized carbons (Fsp3) is 0.167. The molecule has 0 aliphatic carbocycles. The van der Waals surface area contributed by atoms with Gasteiger partial charge in [0.1, 0.15) is 5.75 Å². The molecule has 23 heavy (non-hydrogen) atoms. The van der Waals surface area contributed by atoms with Gasteiger partial charge in [0.25, 0.3) is 0 Å². The van der Waals surface area contributed by atoms with Gasteiger partial charge in [0, 0.05) is 42.0 Å². The van der Waals surface area contributed by atoms with E-state index in [1.165, 1.54) is 0 Å². The average molecular weight is 329 g/mol. The third-order valence-electron chi connectivity index (χ3n) is 3.77. The quantitative estimate of drug-likeness (QED) is 0.863.